The average molecular weight is 242 g/mol. The Bertz CT molecular complexity index is 336. The molecule has 0 bridgehead atoms. The van der Waals surface area contributed by atoms with Crippen LogP contribution in [0.4, 0.5) is 0 Å². The molecule has 0 spiro atoms. The molecule has 1 aromatic rings. The maximum absolute atomic E-state index is 5.92. The van der Waals surface area contributed by atoms with Gasteiger partial charge in [0.2, 0.25) is 0 Å². The highest BCUT2D eigenvalue weighted by Crippen LogP contribution is 2.31. The summed E-state index contributed by atoms with van der Waals surface area (Å²) >= 11 is 7.89. The number of hydrogen-bond acceptors (Lipinski definition) is 2. The van der Waals surface area contributed by atoms with E-state index in [9.17, 15) is 0 Å². The number of fused-ring (bicyclic) bond motifs is 1. The van der Waals surface area contributed by atoms with Crippen molar-refractivity contribution in [3.05, 3.63) is 29.3 Å². The zero-order chi connectivity index (χ0) is 10.7. The van der Waals surface area contributed by atoms with Crippen molar-refractivity contribution < 1.29 is 0 Å². The third-order valence-corrected chi connectivity index (χ3v) is 4.35. The highest BCUT2D eigenvalue weighted by molar-refractivity contribution is 7.99. The van der Waals surface area contributed by atoms with Crippen LogP contribution in [0.3, 0.4) is 0 Å². The van der Waals surface area contributed by atoms with Crippen molar-refractivity contribution in [3.8, 4) is 0 Å². The Kier molecular flexibility index (Phi) is 3.95. The fourth-order valence-corrected chi connectivity index (χ4v) is 3.28. The fraction of sp³-hybridized carbons (Fsp3) is 0.500. The van der Waals surface area contributed by atoms with E-state index >= 15 is 0 Å². The van der Waals surface area contributed by atoms with E-state index in [2.05, 4.69) is 23.5 Å². The summed E-state index contributed by atoms with van der Waals surface area (Å²) in [5.74, 6) is 1.89. The van der Waals surface area contributed by atoms with Gasteiger partial charge < -0.3 is 5.32 Å². The lowest BCUT2D eigenvalue weighted by atomic mass is 10.0. The van der Waals surface area contributed by atoms with E-state index in [1.54, 1.807) is 0 Å². The predicted octanol–water partition coefficient (Wildman–Crippen LogP) is 3.22. The molecule has 1 atom stereocenters. The van der Waals surface area contributed by atoms with Gasteiger partial charge in [0.1, 0.15) is 0 Å². The lowest BCUT2D eigenvalue weighted by molar-refractivity contribution is 0.656. The molecule has 1 aromatic carbocycles. The summed E-state index contributed by atoms with van der Waals surface area (Å²) in [6.07, 6.45) is 2.51. The zero-order valence-electron chi connectivity index (χ0n) is 8.92. The van der Waals surface area contributed by atoms with Crippen LogP contribution in [0.15, 0.2) is 23.1 Å². The number of benzene rings is 1. The summed E-state index contributed by atoms with van der Waals surface area (Å²) in [5.41, 5.74) is 2.81. The molecule has 0 radical (unpaired) electrons. The molecule has 0 aliphatic carbocycles. The van der Waals surface area contributed by atoms with Gasteiger partial charge in [-0.1, -0.05) is 12.1 Å². The maximum atomic E-state index is 5.92. The summed E-state index contributed by atoms with van der Waals surface area (Å²) in [7, 11) is 1.96. The molecule has 0 saturated carbocycles. The highest BCUT2D eigenvalue weighted by Gasteiger charge is 2.13. The van der Waals surface area contributed by atoms with Gasteiger partial charge in [-0.05, 0) is 42.8 Å². The summed E-state index contributed by atoms with van der Waals surface area (Å²) in [4.78, 5) is 1.45. The first-order chi connectivity index (χ1) is 7.35. The maximum Gasteiger partial charge on any atom is 0.0455 e. The van der Waals surface area contributed by atoms with Gasteiger partial charge in [-0.15, -0.1) is 23.4 Å². The second kappa shape index (κ2) is 5.24. The Morgan fingerprint density at radius 3 is 3.13 bits per heavy atom. The van der Waals surface area contributed by atoms with Crippen LogP contribution in [0.2, 0.25) is 0 Å². The molecule has 0 saturated heterocycles. The minimum Gasteiger partial charge on any atom is -0.312 e. The lowest BCUT2D eigenvalue weighted by Crippen LogP contribution is -2.18. The number of nitrogens with one attached hydrogen (secondary N) is 1. The molecule has 1 aliphatic heterocycles. The Morgan fingerprint density at radius 2 is 2.40 bits per heavy atom. The van der Waals surface area contributed by atoms with E-state index < -0.39 is 0 Å². The van der Waals surface area contributed by atoms with Crippen molar-refractivity contribution in [2.75, 3.05) is 18.7 Å². The van der Waals surface area contributed by atoms with Crippen LogP contribution in [0.1, 0.15) is 23.6 Å². The van der Waals surface area contributed by atoms with Gasteiger partial charge in [0.25, 0.3) is 0 Å². The fourth-order valence-electron chi connectivity index (χ4n) is 1.93. The molecule has 0 amide bonds. The lowest BCUT2D eigenvalue weighted by Gasteiger charge is -2.19. The monoisotopic (exact) mass is 241 g/mol. The van der Waals surface area contributed by atoms with Crippen LogP contribution < -0.4 is 5.32 Å². The standard InChI is InChI=1S/C12H16ClNS/c1-14-11(8-13)9-4-5-12-10(7-9)3-2-6-15-12/h4-5,7,11,14H,2-3,6,8H2,1H3. The molecular weight excluding hydrogens is 226 g/mol. The number of thioether (sulfide) groups is 1. The first kappa shape index (κ1) is 11.3. The SMILES string of the molecule is CNC(CCl)c1ccc2c(c1)CCCS2. The quantitative estimate of drug-likeness (QED) is 0.816. The summed E-state index contributed by atoms with van der Waals surface area (Å²) in [6.45, 7) is 0. The third-order valence-electron chi connectivity index (χ3n) is 2.84. The minimum absolute atomic E-state index is 0.281. The molecule has 2 rings (SSSR count). The van der Waals surface area contributed by atoms with Crippen LogP contribution >= 0.6 is 23.4 Å². The number of rotatable bonds is 3. The van der Waals surface area contributed by atoms with Crippen molar-refractivity contribution in [1.29, 1.82) is 0 Å². The second-order valence-corrected chi connectivity index (χ2v) is 5.26. The Hall–Kier alpha value is -0.180. The molecule has 1 unspecified atom stereocenters. The third kappa shape index (κ3) is 2.49. The van der Waals surface area contributed by atoms with Crippen molar-refractivity contribution in [1.82, 2.24) is 5.32 Å². The number of alkyl halides is 1. The van der Waals surface area contributed by atoms with E-state index in [1.165, 1.54) is 34.6 Å². The first-order valence-corrected chi connectivity index (χ1v) is 6.86. The second-order valence-electron chi connectivity index (χ2n) is 3.81. The zero-order valence-corrected chi connectivity index (χ0v) is 10.5. The van der Waals surface area contributed by atoms with Gasteiger partial charge in [0, 0.05) is 16.8 Å². The van der Waals surface area contributed by atoms with E-state index in [-0.39, 0.29) is 6.04 Å². The molecular formula is C12H16ClNS. The molecule has 0 aromatic heterocycles. The molecule has 1 nitrogen and oxygen atoms in total. The van der Waals surface area contributed by atoms with E-state index in [1.807, 2.05) is 18.8 Å². The van der Waals surface area contributed by atoms with Gasteiger partial charge >= 0.3 is 0 Å². The van der Waals surface area contributed by atoms with E-state index in [4.69, 9.17) is 11.6 Å². The molecule has 1 heterocycles. The normalized spacial score (nSPS) is 17.2. The smallest absolute Gasteiger partial charge is 0.0455 e. The Morgan fingerprint density at radius 1 is 1.53 bits per heavy atom. The molecule has 15 heavy (non-hydrogen) atoms. The van der Waals surface area contributed by atoms with Crippen LogP contribution in [0, 0.1) is 0 Å². The van der Waals surface area contributed by atoms with Crippen molar-refractivity contribution in [2.24, 2.45) is 0 Å². The highest BCUT2D eigenvalue weighted by atomic mass is 35.5. The Balaban J connectivity index is 2.27. The molecule has 1 N–H and O–H groups in total. The van der Waals surface area contributed by atoms with Gasteiger partial charge in [0.05, 0.1) is 0 Å². The van der Waals surface area contributed by atoms with Crippen LogP contribution in [0.5, 0.6) is 0 Å². The Labute approximate surface area is 101 Å². The number of aryl methyl sites for hydroxylation is 1. The van der Waals surface area contributed by atoms with Crippen LogP contribution in [-0.4, -0.2) is 18.7 Å². The van der Waals surface area contributed by atoms with Crippen molar-refractivity contribution >= 4 is 23.4 Å². The topological polar surface area (TPSA) is 12.0 Å². The number of hydrogen-bond donors (Lipinski definition) is 1. The molecule has 82 valence electrons. The molecule has 0 fully saturated rings. The van der Waals surface area contributed by atoms with E-state index in [0.717, 1.165) is 0 Å². The van der Waals surface area contributed by atoms with Crippen molar-refractivity contribution in [3.63, 3.8) is 0 Å². The van der Waals surface area contributed by atoms with Gasteiger partial charge in [-0.25, -0.2) is 0 Å². The summed E-state index contributed by atoms with van der Waals surface area (Å²) in [5, 5.41) is 3.24. The van der Waals surface area contributed by atoms with Gasteiger partial charge in [-0.3, -0.25) is 0 Å². The summed E-state index contributed by atoms with van der Waals surface area (Å²) in [6, 6.07) is 7.03. The van der Waals surface area contributed by atoms with Gasteiger partial charge in [-0.2, -0.15) is 0 Å². The average Bonchev–Trinajstić information content (AvgIpc) is 2.30. The summed E-state index contributed by atoms with van der Waals surface area (Å²) < 4.78 is 0. The largest absolute Gasteiger partial charge is 0.312 e. The van der Waals surface area contributed by atoms with E-state index in [0.29, 0.717) is 5.88 Å². The van der Waals surface area contributed by atoms with Crippen molar-refractivity contribution in [2.45, 2.75) is 23.8 Å². The molecule has 3 heteroatoms. The molecule has 1 aliphatic rings. The first-order valence-electron chi connectivity index (χ1n) is 5.34. The van der Waals surface area contributed by atoms with Gasteiger partial charge in [0.15, 0.2) is 0 Å². The minimum atomic E-state index is 0.281. The van der Waals surface area contributed by atoms with Crippen LogP contribution in [-0.2, 0) is 6.42 Å². The predicted molar refractivity (Wildman–Crippen MR) is 68.0 cm³/mol. The number of halogens is 1. The van der Waals surface area contributed by atoms with Crippen LogP contribution in [0.25, 0.3) is 0 Å².